The van der Waals surface area contributed by atoms with Gasteiger partial charge in [-0.2, -0.15) is 0 Å². The highest BCUT2D eigenvalue weighted by atomic mass is 79.9. The first-order chi connectivity index (χ1) is 7.69. The summed E-state index contributed by atoms with van der Waals surface area (Å²) in [6, 6.07) is 3.37. The van der Waals surface area contributed by atoms with Crippen LogP contribution in [0.2, 0.25) is 0 Å². The Kier molecular flexibility index (Phi) is 5.60. The first kappa shape index (κ1) is 13.3. The molecule has 0 aliphatic heterocycles. The highest BCUT2D eigenvalue weighted by Crippen LogP contribution is 2.19. The Balaban J connectivity index is 2.37. The van der Waals surface area contributed by atoms with Crippen LogP contribution in [0, 0.1) is 5.92 Å². The van der Waals surface area contributed by atoms with E-state index < -0.39 is 0 Å². The van der Waals surface area contributed by atoms with Crippen molar-refractivity contribution in [3.63, 3.8) is 0 Å². The van der Waals surface area contributed by atoms with Gasteiger partial charge < -0.3 is 9.73 Å². The van der Waals surface area contributed by atoms with E-state index in [2.05, 4.69) is 35.1 Å². The number of carbonyl (C=O) groups is 1. The van der Waals surface area contributed by atoms with E-state index in [0.29, 0.717) is 23.1 Å². The van der Waals surface area contributed by atoms with Crippen LogP contribution in [0.5, 0.6) is 0 Å². The molecule has 0 saturated carbocycles. The maximum Gasteiger partial charge on any atom is 0.287 e. The van der Waals surface area contributed by atoms with E-state index in [4.69, 9.17) is 4.42 Å². The number of halogens is 1. The zero-order valence-corrected chi connectivity index (χ0v) is 11.3. The van der Waals surface area contributed by atoms with Crippen molar-refractivity contribution < 1.29 is 9.21 Å². The van der Waals surface area contributed by atoms with Crippen LogP contribution >= 0.6 is 15.9 Å². The van der Waals surface area contributed by atoms with Gasteiger partial charge in [0.1, 0.15) is 0 Å². The standard InChI is InChI=1S/C12H18BrNO2/c1-3-9(4-2)10(13)8-14-12(15)11-6-5-7-16-11/h5-7,9-10H,3-4,8H2,1-2H3,(H,14,15). The van der Waals surface area contributed by atoms with Gasteiger partial charge in [-0.05, 0) is 18.1 Å². The average Bonchev–Trinajstić information content (AvgIpc) is 2.81. The van der Waals surface area contributed by atoms with Gasteiger partial charge in [0, 0.05) is 11.4 Å². The minimum atomic E-state index is -0.152. The molecule has 1 aromatic heterocycles. The normalized spacial score (nSPS) is 12.8. The Bertz CT molecular complexity index is 307. The number of furan rings is 1. The molecule has 90 valence electrons. The van der Waals surface area contributed by atoms with Crippen molar-refractivity contribution in [3.05, 3.63) is 24.2 Å². The zero-order chi connectivity index (χ0) is 12.0. The van der Waals surface area contributed by atoms with E-state index in [1.54, 1.807) is 12.1 Å². The second-order valence-corrected chi connectivity index (χ2v) is 4.96. The molecule has 0 aliphatic rings. The van der Waals surface area contributed by atoms with Crippen LogP contribution in [-0.2, 0) is 0 Å². The molecule has 1 rings (SSSR count). The summed E-state index contributed by atoms with van der Waals surface area (Å²) in [5.74, 6) is 0.807. The van der Waals surface area contributed by atoms with Gasteiger partial charge in [0.05, 0.1) is 6.26 Å². The summed E-state index contributed by atoms with van der Waals surface area (Å²) in [6.45, 7) is 4.96. The molecule has 1 unspecified atom stereocenters. The lowest BCUT2D eigenvalue weighted by Gasteiger charge is -2.19. The number of rotatable bonds is 6. The van der Waals surface area contributed by atoms with Crippen LogP contribution < -0.4 is 5.32 Å². The van der Waals surface area contributed by atoms with Gasteiger partial charge in [0.2, 0.25) is 0 Å². The Hall–Kier alpha value is -0.770. The van der Waals surface area contributed by atoms with Crippen LogP contribution in [0.25, 0.3) is 0 Å². The van der Waals surface area contributed by atoms with Crippen molar-refractivity contribution in [1.29, 1.82) is 0 Å². The van der Waals surface area contributed by atoms with E-state index in [1.807, 2.05) is 0 Å². The Morgan fingerprint density at radius 1 is 1.50 bits per heavy atom. The first-order valence-corrected chi connectivity index (χ1v) is 6.56. The summed E-state index contributed by atoms with van der Waals surface area (Å²) in [4.78, 5) is 11.9. The minimum absolute atomic E-state index is 0.152. The van der Waals surface area contributed by atoms with Crippen molar-refractivity contribution >= 4 is 21.8 Å². The zero-order valence-electron chi connectivity index (χ0n) is 9.70. The van der Waals surface area contributed by atoms with Gasteiger partial charge in [-0.25, -0.2) is 0 Å². The summed E-state index contributed by atoms with van der Waals surface area (Å²) >= 11 is 3.61. The SMILES string of the molecule is CCC(CC)C(Br)CNC(=O)c1ccco1. The lowest BCUT2D eigenvalue weighted by molar-refractivity contribution is 0.0924. The summed E-state index contributed by atoms with van der Waals surface area (Å²) in [5, 5.41) is 2.85. The minimum Gasteiger partial charge on any atom is -0.459 e. The van der Waals surface area contributed by atoms with Gasteiger partial charge in [-0.15, -0.1) is 0 Å². The smallest absolute Gasteiger partial charge is 0.287 e. The van der Waals surface area contributed by atoms with Crippen LogP contribution in [0.1, 0.15) is 37.2 Å². The number of carbonyl (C=O) groups excluding carboxylic acids is 1. The fraction of sp³-hybridized carbons (Fsp3) is 0.583. The van der Waals surface area contributed by atoms with E-state index in [-0.39, 0.29) is 5.91 Å². The van der Waals surface area contributed by atoms with E-state index >= 15 is 0 Å². The summed E-state index contributed by atoms with van der Waals surface area (Å²) in [7, 11) is 0. The van der Waals surface area contributed by atoms with Crippen LogP contribution in [-0.4, -0.2) is 17.3 Å². The predicted octanol–water partition coefficient (Wildman–Crippen LogP) is 3.21. The van der Waals surface area contributed by atoms with Gasteiger partial charge in [-0.3, -0.25) is 4.79 Å². The molecule has 1 N–H and O–H groups in total. The first-order valence-electron chi connectivity index (χ1n) is 5.64. The topological polar surface area (TPSA) is 42.2 Å². The molecule has 4 heteroatoms. The fourth-order valence-corrected chi connectivity index (χ4v) is 2.56. The third kappa shape index (κ3) is 3.67. The monoisotopic (exact) mass is 287 g/mol. The lowest BCUT2D eigenvalue weighted by atomic mass is 9.99. The van der Waals surface area contributed by atoms with Gasteiger partial charge in [0.25, 0.3) is 5.91 Å². The van der Waals surface area contributed by atoms with Crippen molar-refractivity contribution in [2.24, 2.45) is 5.92 Å². The second-order valence-electron chi connectivity index (χ2n) is 3.78. The van der Waals surface area contributed by atoms with Crippen molar-refractivity contribution in [2.45, 2.75) is 31.5 Å². The molecular formula is C12H18BrNO2. The molecule has 16 heavy (non-hydrogen) atoms. The third-order valence-corrected chi connectivity index (χ3v) is 3.83. The summed E-state index contributed by atoms with van der Waals surface area (Å²) in [5.41, 5.74) is 0. The maximum absolute atomic E-state index is 11.6. The average molecular weight is 288 g/mol. The molecule has 1 atom stereocenters. The van der Waals surface area contributed by atoms with Crippen LogP contribution in [0.3, 0.4) is 0 Å². The molecule has 0 spiro atoms. The van der Waals surface area contributed by atoms with Gasteiger partial charge in [-0.1, -0.05) is 42.6 Å². The Morgan fingerprint density at radius 2 is 2.19 bits per heavy atom. The molecular weight excluding hydrogens is 270 g/mol. The number of hydrogen-bond donors (Lipinski definition) is 1. The molecule has 1 amide bonds. The van der Waals surface area contributed by atoms with Crippen LogP contribution in [0.15, 0.2) is 22.8 Å². The van der Waals surface area contributed by atoms with Crippen molar-refractivity contribution in [1.82, 2.24) is 5.32 Å². The Labute approximate surface area is 105 Å². The molecule has 1 aromatic rings. The number of hydrogen-bond acceptors (Lipinski definition) is 2. The quantitative estimate of drug-likeness (QED) is 0.817. The number of nitrogens with one attached hydrogen (secondary N) is 1. The molecule has 3 nitrogen and oxygen atoms in total. The molecule has 0 saturated heterocycles. The highest BCUT2D eigenvalue weighted by Gasteiger charge is 2.17. The molecule has 1 heterocycles. The van der Waals surface area contributed by atoms with Gasteiger partial charge >= 0.3 is 0 Å². The largest absolute Gasteiger partial charge is 0.459 e. The Morgan fingerprint density at radius 3 is 2.69 bits per heavy atom. The molecule has 0 fully saturated rings. The fourth-order valence-electron chi connectivity index (χ4n) is 1.65. The predicted molar refractivity (Wildman–Crippen MR) is 67.8 cm³/mol. The van der Waals surface area contributed by atoms with Crippen molar-refractivity contribution in [3.8, 4) is 0 Å². The summed E-state index contributed by atoms with van der Waals surface area (Å²) < 4.78 is 5.01. The molecule has 0 bridgehead atoms. The molecule has 0 aliphatic carbocycles. The maximum atomic E-state index is 11.6. The highest BCUT2D eigenvalue weighted by molar-refractivity contribution is 9.09. The molecule has 0 radical (unpaired) electrons. The molecule has 0 aromatic carbocycles. The van der Waals surface area contributed by atoms with Crippen LogP contribution in [0.4, 0.5) is 0 Å². The third-order valence-electron chi connectivity index (χ3n) is 2.76. The number of alkyl halides is 1. The van der Waals surface area contributed by atoms with Gasteiger partial charge in [0.15, 0.2) is 5.76 Å². The van der Waals surface area contributed by atoms with E-state index in [1.165, 1.54) is 6.26 Å². The van der Waals surface area contributed by atoms with Crippen molar-refractivity contribution in [2.75, 3.05) is 6.54 Å². The lowest BCUT2D eigenvalue weighted by Crippen LogP contribution is -2.32. The summed E-state index contributed by atoms with van der Waals surface area (Å²) in [6.07, 6.45) is 3.73. The second kappa shape index (κ2) is 6.74. The number of amides is 1. The van der Waals surface area contributed by atoms with E-state index in [0.717, 1.165) is 12.8 Å². The van der Waals surface area contributed by atoms with E-state index in [9.17, 15) is 4.79 Å².